The average molecular weight is 445 g/mol. The van der Waals surface area contributed by atoms with Crippen LogP contribution in [0.4, 0.5) is 23.1 Å². The van der Waals surface area contributed by atoms with Gasteiger partial charge in [-0.2, -0.15) is 15.5 Å². The molecule has 1 heterocycles. The lowest BCUT2D eigenvalue weighted by Crippen LogP contribution is -2.27. The van der Waals surface area contributed by atoms with E-state index in [0.29, 0.717) is 28.1 Å². The maximum atomic E-state index is 12.8. The lowest BCUT2D eigenvalue weighted by Gasteiger charge is -2.25. The zero-order valence-corrected chi connectivity index (χ0v) is 18.6. The van der Waals surface area contributed by atoms with Crippen LogP contribution in [0.3, 0.4) is 0 Å². The van der Waals surface area contributed by atoms with E-state index in [1.807, 2.05) is 18.2 Å². The van der Waals surface area contributed by atoms with E-state index < -0.39 is 10.0 Å². The Kier molecular flexibility index (Phi) is 6.53. The van der Waals surface area contributed by atoms with E-state index >= 15 is 0 Å². The number of nitrogens with zero attached hydrogens (tertiary/aromatic N) is 5. The van der Waals surface area contributed by atoms with Gasteiger partial charge in [0.15, 0.2) is 5.82 Å². The van der Waals surface area contributed by atoms with Gasteiger partial charge in [0.25, 0.3) is 0 Å². The maximum absolute atomic E-state index is 12.8. The van der Waals surface area contributed by atoms with Gasteiger partial charge in [-0.15, -0.1) is 0 Å². The van der Waals surface area contributed by atoms with Crippen LogP contribution in [0.15, 0.2) is 54.7 Å². The number of aryl methyl sites for hydroxylation is 2. The summed E-state index contributed by atoms with van der Waals surface area (Å²) in [6.07, 6.45) is 5.62. The topological polar surface area (TPSA) is 123 Å². The molecule has 0 spiro atoms. The molecule has 3 rings (SSSR count). The molecule has 0 unspecified atom stereocenters. The van der Waals surface area contributed by atoms with Crippen molar-refractivity contribution in [1.29, 1.82) is 10.5 Å². The zero-order valence-electron chi connectivity index (χ0n) is 17.7. The van der Waals surface area contributed by atoms with Crippen molar-refractivity contribution >= 4 is 39.2 Å². The Morgan fingerprint density at radius 2 is 1.72 bits per heavy atom. The molecule has 0 radical (unpaired) electrons. The van der Waals surface area contributed by atoms with Gasteiger partial charge in [0, 0.05) is 24.0 Å². The van der Waals surface area contributed by atoms with Gasteiger partial charge in [-0.05, 0) is 73.0 Å². The fourth-order valence-corrected chi connectivity index (χ4v) is 4.33. The van der Waals surface area contributed by atoms with Gasteiger partial charge in [-0.3, -0.25) is 0 Å². The molecule has 1 N–H and O–H groups in total. The molecule has 32 heavy (non-hydrogen) atoms. The molecule has 1 aromatic heterocycles. The van der Waals surface area contributed by atoms with Crippen molar-refractivity contribution in [2.45, 2.75) is 13.8 Å². The predicted molar refractivity (Wildman–Crippen MR) is 124 cm³/mol. The minimum absolute atomic E-state index is 0.185. The summed E-state index contributed by atoms with van der Waals surface area (Å²) >= 11 is 0. The van der Waals surface area contributed by atoms with Gasteiger partial charge in [0.05, 0.1) is 29.6 Å². The first-order valence-electron chi connectivity index (χ1n) is 9.51. The predicted octanol–water partition coefficient (Wildman–Crippen LogP) is 4.34. The van der Waals surface area contributed by atoms with E-state index in [-0.39, 0.29) is 11.8 Å². The van der Waals surface area contributed by atoms with E-state index in [9.17, 15) is 8.42 Å². The highest BCUT2D eigenvalue weighted by molar-refractivity contribution is 7.92. The van der Waals surface area contributed by atoms with Crippen LogP contribution in [0.5, 0.6) is 0 Å². The summed E-state index contributed by atoms with van der Waals surface area (Å²) in [6, 6.07) is 15.9. The summed E-state index contributed by atoms with van der Waals surface area (Å²) < 4.78 is 26.8. The molecule has 0 fully saturated rings. The van der Waals surface area contributed by atoms with Crippen LogP contribution in [-0.4, -0.2) is 24.6 Å². The maximum Gasteiger partial charge on any atom is 0.237 e. The fraction of sp³-hybridized carbons (Fsp3) is 0.130. The van der Waals surface area contributed by atoms with E-state index in [0.717, 1.165) is 11.8 Å². The Labute approximate surface area is 187 Å². The van der Waals surface area contributed by atoms with E-state index in [1.165, 1.54) is 22.6 Å². The summed E-state index contributed by atoms with van der Waals surface area (Å²) in [4.78, 5) is 8.59. The lowest BCUT2D eigenvalue weighted by atomic mass is 10.0. The molecule has 8 nitrogen and oxygen atoms in total. The van der Waals surface area contributed by atoms with Crippen molar-refractivity contribution < 1.29 is 8.42 Å². The van der Waals surface area contributed by atoms with Crippen molar-refractivity contribution in [2.75, 3.05) is 15.9 Å². The quantitative estimate of drug-likeness (QED) is 0.561. The second kappa shape index (κ2) is 9.29. The minimum Gasteiger partial charge on any atom is -0.324 e. The van der Waals surface area contributed by atoms with Crippen LogP contribution in [0.25, 0.3) is 6.08 Å². The molecular weight excluding hydrogens is 424 g/mol. The van der Waals surface area contributed by atoms with Gasteiger partial charge in [-0.25, -0.2) is 17.7 Å². The number of rotatable bonds is 6. The molecule has 0 amide bonds. The number of sulfonamides is 1. The summed E-state index contributed by atoms with van der Waals surface area (Å²) in [6.45, 7) is 3.61. The van der Waals surface area contributed by atoms with Crippen LogP contribution in [0.2, 0.25) is 0 Å². The number of anilines is 4. The number of nitrogens with one attached hydrogen (secondary N) is 1. The number of hydrogen-bond acceptors (Lipinski definition) is 7. The minimum atomic E-state index is -3.74. The molecule has 2 aromatic carbocycles. The summed E-state index contributed by atoms with van der Waals surface area (Å²) in [5.41, 5.74) is 3.90. The van der Waals surface area contributed by atoms with Gasteiger partial charge in [0.1, 0.15) is 0 Å². The molecular formula is C23H20N6O2S. The highest BCUT2D eigenvalue weighted by Crippen LogP contribution is 2.34. The Morgan fingerprint density at radius 1 is 1.06 bits per heavy atom. The van der Waals surface area contributed by atoms with Crippen molar-refractivity contribution in [2.24, 2.45) is 0 Å². The summed E-state index contributed by atoms with van der Waals surface area (Å²) in [5.74, 6) is 0.398. The third kappa shape index (κ3) is 5.09. The zero-order chi connectivity index (χ0) is 23.3. The van der Waals surface area contributed by atoms with Gasteiger partial charge < -0.3 is 5.32 Å². The first kappa shape index (κ1) is 22.5. The molecule has 0 aliphatic rings. The van der Waals surface area contributed by atoms with E-state index in [4.69, 9.17) is 10.5 Å². The fourth-order valence-electron chi connectivity index (χ4n) is 3.27. The normalized spacial score (nSPS) is 11.0. The summed E-state index contributed by atoms with van der Waals surface area (Å²) in [5, 5.41) is 20.7. The standard InChI is InChI=1S/C23H20N6O2S/c1-16-13-19(5-4-11-24)14-17(2)22(16)29(32(3,30)31)21-10-12-26-23(28-21)27-20-8-6-18(15-25)7-9-20/h4-10,12-14H,1-3H3,(H,26,27,28)/b5-4+. The van der Waals surface area contributed by atoms with Crippen molar-refractivity contribution in [3.8, 4) is 12.1 Å². The smallest absolute Gasteiger partial charge is 0.237 e. The molecule has 9 heteroatoms. The van der Waals surface area contributed by atoms with Gasteiger partial charge in [0.2, 0.25) is 16.0 Å². The molecule has 0 aliphatic heterocycles. The van der Waals surface area contributed by atoms with E-state index in [1.54, 1.807) is 44.2 Å². The Hall–Kier alpha value is -4.21. The molecule has 0 atom stereocenters. The second-order valence-corrected chi connectivity index (χ2v) is 8.88. The van der Waals surface area contributed by atoms with E-state index in [2.05, 4.69) is 21.4 Å². The largest absolute Gasteiger partial charge is 0.324 e. The number of nitriles is 2. The number of hydrogen-bond donors (Lipinski definition) is 1. The number of aromatic nitrogens is 2. The van der Waals surface area contributed by atoms with Crippen LogP contribution in [0.1, 0.15) is 22.3 Å². The Bertz CT molecular complexity index is 1340. The average Bonchev–Trinajstić information content (AvgIpc) is 2.74. The summed E-state index contributed by atoms with van der Waals surface area (Å²) in [7, 11) is -3.74. The number of allylic oxidation sites excluding steroid dienone is 1. The molecule has 0 saturated carbocycles. The molecule has 0 saturated heterocycles. The van der Waals surface area contributed by atoms with Crippen molar-refractivity contribution in [3.05, 3.63) is 77.0 Å². The first-order chi connectivity index (χ1) is 15.2. The second-order valence-electron chi connectivity index (χ2n) is 7.05. The lowest BCUT2D eigenvalue weighted by molar-refractivity contribution is 0.601. The Balaban J connectivity index is 2.05. The van der Waals surface area contributed by atoms with Crippen LogP contribution >= 0.6 is 0 Å². The highest BCUT2D eigenvalue weighted by atomic mass is 32.2. The molecule has 0 bridgehead atoms. The molecule has 0 aliphatic carbocycles. The van der Waals surface area contributed by atoms with Crippen LogP contribution in [-0.2, 0) is 10.0 Å². The van der Waals surface area contributed by atoms with Gasteiger partial charge >= 0.3 is 0 Å². The third-order valence-corrected chi connectivity index (χ3v) is 5.55. The monoisotopic (exact) mass is 444 g/mol. The third-order valence-electron chi connectivity index (χ3n) is 4.52. The van der Waals surface area contributed by atoms with Gasteiger partial charge in [-0.1, -0.05) is 0 Å². The van der Waals surface area contributed by atoms with Crippen molar-refractivity contribution in [3.63, 3.8) is 0 Å². The number of benzene rings is 2. The van der Waals surface area contributed by atoms with Crippen LogP contribution in [0, 0.1) is 36.5 Å². The van der Waals surface area contributed by atoms with Crippen molar-refractivity contribution in [1.82, 2.24) is 9.97 Å². The van der Waals surface area contributed by atoms with Crippen LogP contribution < -0.4 is 9.62 Å². The Morgan fingerprint density at radius 3 is 2.28 bits per heavy atom. The highest BCUT2D eigenvalue weighted by Gasteiger charge is 2.25. The molecule has 3 aromatic rings. The molecule has 160 valence electrons. The SMILES string of the molecule is Cc1cc(/C=C/C#N)cc(C)c1N(c1ccnc(Nc2ccc(C#N)cc2)n1)S(C)(=O)=O. The first-order valence-corrected chi connectivity index (χ1v) is 11.4.